The Kier molecular flexibility index (Phi) is 6.41. The van der Waals surface area contributed by atoms with Crippen LogP contribution in [0.25, 0.3) is 11.1 Å². The summed E-state index contributed by atoms with van der Waals surface area (Å²) >= 11 is 0. The molecule has 0 aliphatic rings. The van der Waals surface area contributed by atoms with Crippen molar-refractivity contribution in [2.75, 3.05) is 13.1 Å². The molecule has 3 aromatic rings. The molecule has 0 fully saturated rings. The summed E-state index contributed by atoms with van der Waals surface area (Å²) in [5, 5.41) is 4.31. The number of nitrogens with zero attached hydrogens (tertiary/aromatic N) is 3. The molecular weight excluding hydrogens is 350 g/mol. The number of ether oxygens (including phenoxy) is 1. The number of aromatic nitrogens is 2. The van der Waals surface area contributed by atoms with Gasteiger partial charge in [-0.2, -0.15) is 5.10 Å². The molecule has 0 radical (unpaired) electrons. The van der Waals surface area contributed by atoms with E-state index in [9.17, 15) is 4.79 Å². The molecule has 0 atom stereocenters. The summed E-state index contributed by atoms with van der Waals surface area (Å²) in [6, 6.07) is 19.7. The molecular formula is C23H23N3O2. The maximum absolute atomic E-state index is 12.5. The fourth-order valence-electron chi connectivity index (χ4n) is 2.78. The van der Waals surface area contributed by atoms with Crippen LogP contribution in [-0.4, -0.2) is 33.7 Å². The average Bonchev–Trinajstić information content (AvgIpc) is 3.22. The first-order chi connectivity index (χ1) is 13.7. The van der Waals surface area contributed by atoms with Crippen LogP contribution >= 0.6 is 0 Å². The van der Waals surface area contributed by atoms with Crippen LogP contribution in [0.3, 0.4) is 0 Å². The molecule has 1 heterocycles. The Morgan fingerprint density at radius 2 is 1.61 bits per heavy atom. The van der Waals surface area contributed by atoms with Crippen molar-refractivity contribution in [1.29, 1.82) is 0 Å². The van der Waals surface area contributed by atoms with E-state index < -0.39 is 0 Å². The molecule has 28 heavy (non-hydrogen) atoms. The highest BCUT2D eigenvalue weighted by Crippen LogP contribution is 2.22. The maximum atomic E-state index is 12.5. The van der Waals surface area contributed by atoms with Gasteiger partial charge in [-0.1, -0.05) is 54.6 Å². The quantitative estimate of drug-likeness (QED) is 0.522. The topological polar surface area (TPSA) is 47.4 Å². The predicted octanol–water partition coefficient (Wildman–Crippen LogP) is 4.40. The van der Waals surface area contributed by atoms with Crippen LogP contribution in [0.1, 0.15) is 10.5 Å². The summed E-state index contributed by atoms with van der Waals surface area (Å²) in [7, 11) is 0. The molecule has 0 N–H and O–H groups in total. The molecule has 5 heteroatoms. The van der Waals surface area contributed by atoms with E-state index in [1.165, 1.54) is 0 Å². The Hall–Kier alpha value is -3.60. The average molecular weight is 373 g/mol. The second kappa shape index (κ2) is 9.37. The molecule has 142 valence electrons. The van der Waals surface area contributed by atoms with Crippen LogP contribution in [0.15, 0.2) is 92.2 Å². The molecule has 0 saturated carbocycles. The van der Waals surface area contributed by atoms with Crippen molar-refractivity contribution in [3.63, 3.8) is 0 Å². The van der Waals surface area contributed by atoms with Gasteiger partial charge in [-0.15, -0.1) is 13.2 Å². The van der Waals surface area contributed by atoms with E-state index in [4.69, 9.17) is 4.74 Å². The smallest absolute Gasteiger partial charge is 0.274 e. The third-order valence-corrected chi connectivity index (χ3v) is 4.17. The first-order valence-electron chi connectivity index (χ1n) is 9.04. The van der Waals surface area contributed by atoms with Crippen molar-refractivity contribution < 1.29 is 9.53 Å². The van der Waals surface area contributed by atoms with Crippen molar-refractivity contribution in [3.05, 3.63) is 97.9 Å². The summed E-state index contributed by atoms with van der Waals surface area (Å²) in [6.07, 6.45) is 5.09. The third-order valence-electron chi connectivity index (χ3n) is 4.17. The number of rotatable bonds is 9. The molecule has 0 aliphatic heterocycles. The van der Waals surface area contributed by atoms with Crippen molar-refractivity contribution in [1.82, 2.24) is 14.7 Å². The Morgan fingerprint density at radius 3 is 2.25 bits per heavy atom. The summed E-state index contributed by atoms with van der Waals surface area (Å²) in [5.41, 5.74) is 2.66. The first kappa shape index (κ1) is 19.2. The summed E-state index contributed by atoms with van der Waals surface area (Å²) in [6.45, 7) is 8.47. The number of amides is 1. The highest BCUT2D eigenvalue weighted by atomic mass is 16.5. The van der Waals surface area contributed by atoms with Gasteiger partial charge in [0.05, 0.1) is 0 Å². The summed E-state index contributed by atoms with van der Waals surface area (Å²) in [4.78, 5) is 14.1. The second-order valence-electron chi connectivity index (χ2n) is 6.19. The van der Waals surface area contributed by atoms with E-state index in [2.05, 4.69) is 30.4 Å². The Labute approximate surface area is 165 Å². The molecule has 1 aromatic heterocycles. The number of hydrogen-bond acceptors (Lipinski definition) is 3. The molecule has 5 nitrogen and oxygen atoms in total. The minimum absolute atomic E-state index is 0.161. The third kappa shape index (κ3) is 4.76. The van der Waals surface area contributed by atoms with Gasteiger partial charge in [-0.3, -0.25) is 4.79 Å². The molecule has 1 amide bonds. The molecule has 0 bridgehead atoms. The van der Waals surface area contributed by atoms with Crippen LogP contribution in [0.4, 0.5) is 0 Å². The van der Waals surface area contributed by atoms with E-state index >= 15 is 0 Å². The largest absolute Gasteiger partial charge is 0.471 e. The van der Waals surface area contributed by atoms with Gasteiger partial charge in [-0.05, 0) is 29.3 Å². The van der Waals surface area contributed by atoms with Crippen LogP contribution in [0, 0.1) is 0 Å². The van der Waals surface area contributed by atoms with Crippen molar-refractivity contribution >= 4 is 5.91 Å². The van der Waals surface area contributed by atoms with Crippen LogP contribution in [-0.2, 0) is 6.73 Å². The highest BCUT2D eigenvalue weighted by molar-refractivity contribution is 5.92. The van der Waals surface area contributed by atoms with Gasteiger partial charge in [0.15, 0.2) is 12.4 Å². The van der Waals surface area contributed by atoms with Gasteiger partial charge in [0.25, 0.3) is 5.91 Å². The summed E-state index contributed by atoms with van der Waals surface area (Å²) < 4.78 is 7.37. The molecule has 0 aliphatic carbocycles. The zero-order valence-corrected chi connectivity index (χ0v) is 15.7. The molecule has 3 rings (SSSR count). The van der Waals surface area contributed by atoms with E-state index in [1.807, 2.05) is 42.5 Å². The SMILES string of the molecule is C=CCN(CC=C)C(=O)c1ccn(COc2ccc(-c3ccccc3)cc2)n1. The minimum atomic E-state index is -0.161. The second-order valence-corrected chi connectivity index (χ2v) is 6.19. The van der Waals surface area contributed by atoms with Crippen LogP contribution in [0.5, 0.6) is 5.75 Å². The van der Waals surface area contributed by atoms with Crippen molar-refractivity contribution in [2.45, 2.75) is 6.73 Å². The van der Waals surface area contributed by atoms with E-state index in [-0.39, 0.29) is 12.6 Å². The van der Waals surface area contributed by atoms with Gasteiger partial charge in [0.2, 0.25) is 0 Å². The minimum Gasteiger partial charge on any atom is -0.471 e. The lowest BCUT2D eigenvalue weighted by atomic mass is 10.1. The van der Waals surface area contributed by atoms with Crippen molar-refractivity contribution in [2.24, 2.45) is 0 Å². The predicted molar refractivity (Wildman–Crippen MR) is 111 cm³/mol. The van der Waals surface area contributed by atoms with Crippen molar-refractivity contribution in [3.8, 4) is 16.9 Å². The number of carbonyl (C=O) groups is 1. The van der Waals surface area contributed by atoms with Gasteiger partial charge >= 0.3 is 0 Å². The molecule has 0 saturated heterocycles. The number of hydrogen-bond donors (Lipinski definition) is 0. The normalized spacial score (nSPS) is 10.3. The summed E-state index contributed by atoms with van der Waals surface area (Å²) in [5.74, 6) is 0.578. The number of benzene rings is 2. The van der Waals surface area contributed by atoms with Crippen LogP contribution < -0.4 is 4.74 Å². The zero-order valence-electron chi connectivity index (χ0n) is 15.7. The van der Waals surface area contributed by atoms with Gasteiger partial charge in [0, 0.05) is 19.3 Å². The Balaban J connectivity index is 1.60. The first-order valence-corrected chi connectivity index (χ1v) is 9.04. The standard InChI is InChI=1S/C23H23N3O2/c1-3-15-25(16-4-2)23(27)22-14-17-26(24-22)18-28-21-12-10-20(11-13-21)19-8-6-5-7-9-19/h3-14,17H,1-2,15-16,18H2. The lowest BCUT2D eigenvalue weighted by Crippen LogP contribution is -2.31. The lowest BCUT2D eigenvalue weighted by molar-refractivity contribution is 0.0783. The van der Waals surface area contributed by atoms with E-state index in [0.29, 0.717) is 18.8 Å². The number of carbonyl (C=O) groups excluding carboxylic acids is 1. The van der Waals surface area contributed by atoms with Gasteiger partial charge in [-0.25, -0.2) is 4.68 Å². The fraction of sp³-hybridized carbons (Fsp3) is 0.130. The molecule has 0 unspecified atom stereocenters. The molecule has 0 spiro atoms. The highest BCUT2D eigenvalue weighted by Gasteiger charge is 2.16. The lowest BCUT2D eigenvalue weighted by Gasteiger charge is -2.17. The van der Waals surface area contributed by atoms with Gasteiger partial charge < -0.3 is 9.64 Å². The van der Waals surface area contributed by atoms with Gasteiger partial charge in [0.1, 0.15) is 5.75 Å². The molecule has 2 aromatic carbocycles. The monoisotopic (exact) mass is 373 g/mol. The van der Waals surface area contributed by atoms with E-state index in [0.717, 1.165) is 16.9 Å². The Bertz CT molecular complexity index is 920. The fourth-order valence-corrected chi connectivity index (χ4v) is 2.78. The van der Waals surface area contributed by atoms with Crippen LogP contribution in [0.2, 0.25) is 0 Å². The Morgan fingerprint density at radius 1 is 0.964 bits per heavy atom. The van der Waals surface area contributed by atoms with E-state index in [1.54, 1.807) is 34.0 Å². The maximum Gasteiger partial charge on any atom is 0.274 e. The zero-order chi connectivity index (χ0) is 19.8.